The van der Waals surface area contributed by atoms with Crippen LogP contribution in [0.25, 0.3) is 0 Å². The highest BCUT2D eigenvalue weighted by atomic mass is 16.5. The van der Waals surface area contributed by atoms with Gasteiger partial charge in [0.25, 0.3) is 0 Å². The van der Waals surface area contributed by atoms with Crippen molar-refractivity contribution in [2.75, 3.05) is 0 Å². The van der Waals surface area contributed by atoms with Crippen LogP contribution in [0.2, 0.25) is 0 Å². The molecule has 110 valence electrons. The molecule has 0 amide bonds. The predicted octanol–water partition coefficient (Wildman–Crippen LogP) is 4.62. The van der Waals surface area contributed by atoms with Crippen molar-refractivity contribution in [1.82, 2.24) is 0 Å². The quantitative estimate of drug-likeness (QED) is 0.842. The Morgan fingerprint density at radius 3 is 2.00 bits per heavy atom. The van der Waals surface area contributed by atoms with E-state index in [2.05, 4.69) is 26.0 Å². The fourth-order valence-electron chi connectivity index (χ4n) is 2.03. The monoisotopic (exact) mass is 284 g/mol. The number of aryl methyl sites for hydroxylation is 1. The van der Waals surface area contributed by atoms with Crippen molar-refractivity contribution in [2.24, 2.45) is 0 Å². The Morgan fingerprint density at radius 2 is 1.52 bits per heavy atom. The Hall–Kier alpha value is -2.29. The van der Waals surface area contributed by atoms with Gasteiger partial charge in [0.1, 0.15) is 11.5 Å². The molecule has 1 N–H and O–H groups in total. The molecule has 0 atom stereocenters. The third kappa shape index (κ3) is 4.63. The summed E-state index contributed by atoms with van der Waals surface area (Å²) in [5.41, 5.74) is 2.28. The zero-order chi connectivity index (χ0) is 15.2. The van der Waals surface area contributed by atoms with E-state index in [1.165, 1.54) is 5.56 Å². The van der Waals surface area contributed by atoms with Crippen LogP contribution in [0.15, 0.2) is 48.5 Å². The molecule has 3 heteroatoms. The van der Waals surface area contributed by atoms with Gasteiger partial charge in [0.05, 0.1) is 0 Å². The number of hydrogen-bond donors (Lipinski definition) is 1. The zero-order valence-electron chi connectivity index (χ0n) is 12.4. The number of aliphatic carboxylic acids is 1. The molecule has 0 heterocycles. The highest BCUT2D eigenvalue weighted by molar-refractivity contribution is 5.67. The summed E-state index contributed by atoms with van der Waals surface area (Å²) in [7, 11) is 0. The van der Waals surface area contributed by atoms with Crippen LogP contribution in [0, 0.1) is 0 Å². The van der Waals surface area contributed by atoms with Crippen LogP contribution in [0.3, 0.4) is 0 Å². The standard InChI is InChI=1S/C18H20O3/c1-13(2)15-6-10-17(11-7-15)21-16-8-3-14(4-9-16)5-12-18(19)20/h3-4,6-11,13H,5,12H2,1-2H3,(H,19,20). The van der Waals surface area contributed by atoms with E-state index in [9.17, 15) is 4.79 Å². The van der Waals surface area contributed by atoms with Gasteiger partial charge in [-0.1, -0.05) is 38.1 Å². The number of carboxylic acid groups (broad SMARTS) is 1. The number of carboxylic acids is 1. The second-order valence-corrected chi connectivity index (χ2v) is 5.36. The fraction of sp³-hybridized carbons (Fsp3) is 0.278. The van der Waals surface area contributed by atoms with Gasteiger partial charge in [0.2, 0.25) is 0 Å². The third-order valence-corrected chi connectivity index (χ3v) is 3.33. The number of hydrogen-bond acceptors (Lipinski definition) is 2. The van der Waals surface area contributed by atoms with Crippen LogP contribution < -0.4 is 4.74 Å². The van der Waals surface area contributed by atoms with Gasteiger partial charge in [0, 0.05) is 6.42 Å². The van der Waals surface area contributed by atoms with Crippen LogP contribution in [0.1, 0.15) is 37.3 Å². The Kier molecular flexibility index (Phi) is 4.99. The van der Waals surface area contributed by atoms with Crippen LogP contribution >= 0.6 is 0 Å². The van der Waals surface area contributed by atoms with Crippen LogP contribution in [-0.4, -0.2) is 11.1 Å². The summed E-state index contributed by atoms with van der Waals surface area (Å²) in [6, 6.07) is 15.6. The average Bonchev–Trinajstić information content (AvgIpc) is 2.47. The first kappa shape index (κ1) is 15.1. The largest absolute Gasteiger partial charge is 0.481 e. The topological polar surface area (TPSA) is 46.5 Å². The summed E-state index contributed by atoms with van der Waals surface area (Å²) < 4.78 is 5.78. The minimum atomic E-state index is -0.777. The van der Waals surface area contributed by atoms with E-state index in [0.717, 1.165) is 17.1 Å². The molecule has 0 fully saturated rings. The minimum Gasteiger partial charge on any atom is -0.481 e. The molecule has 0 bridgehead atoms. The molecule has 0 aliphatic carbocycles. The minimum absolute atomic E-state index is 0.150. The van der Waals surface area contributed by atoms with Crippen molar-refractivity contribution < 1.29 is 14.6 Å². The van der Waals surface area contributed by atoms with Crippen molar-refractivity contribution in [3.63, 3.8) is 0 Å². The second-order valence-electron chi connectivity index (χ2n) is 5.36. The van der Waals surface area contributed by atoms with E-state index < -0.39 is 5.97 Å². The van der Waals surface area contributed by atoms with Crippen molar-refractivity contribution in [1.29, 1.82) is 0 Å². The highest BCUT2D eigenvalue weighted by Gasteiger charge is 2.02. The van der Waals surface area contributed by atoms with Gasteiger partial charge in [-0.2, -0.15) is 0 Å². The Labute approximate surface area is 125 Å². The maximum Gasteiger partial charge on any atom is 0.303 e. The first-order chi connectivity index (χ1) is 10.0. The SMILES string of the molecule is CC(C)c1ccc(Oc2ccc(CCC(=O)O)cc2)cc1. The Balaban J connectivity index is 1.98. The van der Waals surface area contributed by atoms with Crippen molar-refractivity contribution in [3.8, 4) is 11.5 Å². The molecule has 0 aromatic heterocycles. The summed E-state index contributed by atoms with van der Waals surface area (Å²) in [6.07, 6.45) is 0.690. The summed E-state index contributed by atoms with van der Waals surface area (Å²) in [6.45, 7) is 4.32. The van der Waals surface area contributed by atoms with E-state index in [4.69, 9.17) is 9.84 Å². The molecule has 21 heavy (non-hydrogen) atoms. The first-order valence-corrected chi connectivity index (χ1v) is 7.13. The normalized spacial score (nSPS) is 10.6. The second kappa shape index (κ2) is 6.93. The lowest BCUT2D eigenvalue weighted by Crippen LogP contribution is -1.97. The molecule has 0 aliphatic rings. The molecule has 0 spiro atoms. The van der Waals surface area contributed by atoms with Gasteiger partial charge in [-0.15, -0.1) is 0 Å². The van der Waals surface area contributed by atoms with E-state index in [0.29, 0.717) is 12.3 Å². The molecule has 0 saturated heterocycles. The molecular weight excluding hydrogens is 264 g/mol. The van der Waals surface area contributed by atoms with Gasteiger partial charge in [-0.3, -0.25) is 4.79 Å². The van der Waals surface area contributed by atoms with E-state index in [-0.39, 0.29) is 6.42 Å². The maximum atomic E-state index is 10.5. The van der Waals surface area contributed by atoms with Gasteiger partial charge >= 0.3 is 5.97 Å². The average molecular weight is 284 g/mol. The fourth-order valence-corrected chi connectivity index (χ4v) is 2.03. The summed E-state index contributed by atoms with van der Waals surface area (Å²) in [4.78, 5) is 10.5. The molecular formula is C18H20O3. The molecule has 0 radical (unpaired) electrons. The highest BCUT2D eigenvalue weighted by Crippen LogP contribution is 2.24. The van der Waals surface area contributed by atoms with E-state index in [1.54, 1.807) is 0 Å². The third-order valence-electron chi connectivity index (χ3n) is 3.33. The van der Waals surface area contributed by atoms with E-state index in [1.807, 2.05) is 36.4 Å². The molecule has 0 aliphatic heterocycles. The van der Waals surface area contributed by atoms with Gasteiger partial charge in [-0.05, 0) is 47.7 Å². The van der Waals surface area contributed by atoms with Gasteiger partial charge in [0.15, 0.2) is 0 Å². The Bertz CT molecular complexity index is 583. The lowest BCUT2D eigenvalue weighted by molar-refractivity contribution is -0.136. The number of rotatable bonds is 6. The number of ether oxygens (including phenoxy) is 1. The molecule has 2 aromatic rings. The lowest BCUT2D eigenvalue weighted by atomic mass is 10.0. The number of carbonyl (C=O) groups is 1. The molecule has 0 saturated carbocycles. The summed E-state index contributed by atoms with van der Waals surface area (Å²) >= 11 is 0. The summed E-state index contributed by atoms with van der Waals surface area (Å²) in [5, 5.41) is 8.66. The van der Waals surface area contributed by atoms with Crippen molar-refractivity contribution in [3.05, 3.63) is 59.7 Å². The molecule has 3 nitrogen and oxygen atoms in total. The van der Waals surface area contributed by atoms with Gasteiger partial charge in [-0.25, -0.2) is 0 Å². The van der Waals surface area contributed by atoms with E-state index >= 15 is 0 Å². The molecule has 2 rings (SSSR count). The van der Waals surface area contributed by atoms with Crippen LogP contribution in [-0.2, 0) is 11.2 Å². The first-order valence-electron chi connectivity index (χ1n) is 7.13. The molecule has 2 aromatic carbocycles. The maximum absolute atomic E-state index is 10.5. The van der Waals surface area contributed by atoms with Gasteiger partial charge < -0.3 is 9.84 Å². The van der Waals surface area contributed by atoms with Crippen molar-refractivity contribution in [2.45, 2.75) is 32.6 Å². The zero-order valence-corrected chi connectivity index (χ0v) is 12.4. The van der Waals surface area contributed by atoms with Crippen LogP contribution in [0.5, 0.6) is 11.5 Å². The lowest BCUT2D eigenvalue weighted by Gasteiger charge is -2.09. The Morgan fingerprint density at radius 1 is 1.00 bits per heavy atom. The smallest absolute Gasteiger partial charge is 0.303 e. The predicted molar refractivity (Wildman–Crippen MR) is 83.0 cm³/mol. The summed E-state index contributed by atoms with van der Waals surface area (Å²) in [5.74, 6) is 1.29. The number of benzene rings is 2. The van der Waals surface area contributed by atoms with Crippen LogP contribution in [0.4, 0.5) is 0 Å². The molecule has 0 unspecified atom stereocenters. The van der Waals surface area contributed by atoms with Crippen molar-refractivity contribution >= 4 is 5.97 Å².